The average Bonchev–Trinajstić information content (AvgIpc) is 3.16. The van der Waals surface area contributed by atoms with Gasteiger partial charge in [0, 0.05) is 18.8 Å². The van der Waals surface area contributed by atoms with Crippen LogP contribution in [0.4, 0.5) is 10.3 Å². The highest BCUT2D eigenvalue weighted by atomic mass is 32.2. The fourth-order valence-electron chi connectivity index (χ4n) is 4.63. The molecule has 2 aromatic carbocycles. The van der Waals surface area contributed by atoms with Crippen molar-refractivity contribution in [2.45, 2.75) is 43.8 Å². The smallest absolute Gasteiger partial charge is 0.260 e. The Bertz CT molecular complexity index is 1250. The molecule has 2 heterocycles. The first-order valence-electron chi connectivity index (χ1n) is 11.9. The minimum Gasteiger partial charge on any atom is -0.364 e. The minimum atomic E-state index is -0.906. The SMILES string of the molecule is O=C1NC(O)SC1=Cc1ccnc(NC2CCC(CNCc3ccc4cc(F)ccc4c3)CC2)n1. The summed E-state index contributed by atoms with van der Waals surface area (Å²) in [6.45, 7) is 1.77. The second-order valence-corrected chi connectivity index (χ2v) is 10.2. The van der Waals surface area contributed by atoms with Crippen LogP contribution in [0.1, 0.15) is 36.9 Å². The van der Waals surface area contributed by atoms with Crippen LogP contribution in [-0.4, -0.2) is 39.1 Å². The zero-order valence-corrected chi connectivity index (χ0v) is 20.0. The lowest BCUT2D eigenvalue weighted by molar-refractivity contribution is -0.117. The van der Waals surface area contributed by atoms with Gasteiger partial charge in [0.1, 0.15) is 5.82 Å². The molecule has 4 N–H and O–H groups in total. The molecule has 0 bridgehead atoms. The van der Waals surface area contributed by atoms with Crippen molar-refractivity contribution in [3.05, 3.63) is 70.6 Å². The third-order valence-corrected chi connectivity index (χ3v) is 7.38. The molecule has 2 fully saturated rings. The molecule has 0 radical (unpaired) electrons. The van der Waals surface area contributed by atoms with E-state index in [2.05, 4.69) is 38.1 Å². The van der Waals surface area contributed by atoms with E-state index in [0.29, 0.717) is 28.5 Å². The molecule has 1 amide bonds. The van der Waals surface area contributed by atoms with Gasteiger partial charge in [0.15, 0.2) is 5.56 Å². The van der Waals surface area contributed by atoms with Crippen molar-refractivity contribution >= 4 is 40.5 Å². The van der Waals surface area contributed by atoms with E-state index < -0.39 is 5.56 Å². The Labute approximate surface area is 207 Å². The maximum absolute atomic E-state index is 13.4. The number of carbonyl (C=O) groups is 1. The molecule has 1 aliphatic heterocycles. The van der Waals surface area contributed by atoms with E-state index in [0.717, 1.165) is 61.3 Å². The summed E-state index contributed by atoms with van der Waals surface area (Å²) in [5.41, 5.74) is 0.928. The van der Waals surface area contributed by atoms with Gasteiger partial charge in [-0.05, 0) is 84.8 Å². The third kappa shape index (κ3) is 6.17. The summed E-state index contributed by atoms with van der Waals surface area (Å²) >= 11 is 1.07. The molecule has 1 aromatic heterocycles. The van der Waals surface area contributed by atoms with Gasteiger partial charge in [-0.15, -0.1) is 0 Å². The van der Waals surface area contributed by atoms with Gasteiger partial charge in [-0.2, -0.15) is 0 Å². The number of hydrogen-bond acceptors (Lipinski definition) is 7. The van der Waals surface area contributed by atoms with Gasteiger partial charge >= 0.3 is 0 Å². The van der Waals surface area contributed by atoms with Gasteiger partial charge in [0.25, 0.3) is 5.91 Å². The van der Waals surface area contributed by atoms with Crippen molar-refractivity contribution in [1.82, 2.24) is 20.6 Å². The van der Waals surface area contributed by atoms with E-state index in [1.54, 1.807) is 24.4 Å². The number of carbonyl (C=O) groups excluding carboxylic acids is 1. The second kappa shape index (κ2) is 10.7. The van der Waals surface area contributed by atoms with E-state index in [4.69, 9.17) is 0 Å². The summed E-state index contributed by atoms with van der Waals surface area (Å²) in [7, 11) is 0. The van der Waals surface area contributed by atoms with Crippen LogP contribution in [-0.2, 0) is 11.3 Å². The molecule has 2 aliphatic rings. The lowest BCUT2D eigenvalue weighted by atomic mass is 9.86. The van der Waals surface area contributed by atoms with Crippen LogP contribution in [0.3, 0.4) is 0 Å². The van der Waals surface area contributed by atoms with Crippen LogP contribution >= 0.6 is 11.8 Å². The van der Waals surface area contributed by atoms with Crippen molar-refractivity contribution < 1.29 is 14.3 Å². The molecule has 7 nitrogen and oxygen atoms in total. The standard InChI is InChI=1S/C26H28FN5O2S/c27-20-6-5-18-11-17(1-4-19(18)12-20)15-28-14-16-2-7-21(8-3-16)30-25-29-10-9-22(31-25)13-23-24(33)32-26(34)35-23/h1,4-6,9-13,16,21,26,28,34H,2-3,7-8,14-15H2,(H,32,33)(H,29,30,31). The van der Waals surface area contributed by atoms with E-state index in [9.17, 15) is 14.3 Å². The number of amides is 1. The number of nitrogens with one attached hydrogen (secondary N) is 3. The first-order valence-corrected chi connectivity index (χ1v) is 12.8. The lowest BCUT2D eigenvalue weighted by Gasteiger charge is -2.29. The summed E-state index contributed by atoms with van der Waals surface area (Å²) in [6, 6.07) is 13.1. The Hall–Kier alpha value is -3.01. The van der Waals surface area contributed by atoms with E-state index in [1.807, 2.05) is 12.1 Å². The molecule has 1 unspecified atom stereocenters. The van der Waals surface area contributed by atoms with Gasteiger partial charge < -0.3 is 21.1 Å². The van der Waals surface area contributed by atoms with Crippen LogP contribution < -0.4 is 16.0 Å². The Morgan fingerprint density at radius 3 is 2.71 bits per heavy atom. The number of fused-ring (bicyclic) bond motifs is 1. The Balaban J connectivity index is 1.07. The second-order valence-electron chi connectivity index (χ2n) is 9.08. The summed E-state index contributed by atoms with van der Waals surface area (Å²) in [5, 5.41) is 21.0. The van der Waals surface area contributed by atoms with Gasteiger partial charge in [-0.1, -0.05) is 30.0 Å². The number of nitrogens with zero attached hydrogens (tertiary/aromatic N) is 2. The van der Waals surface area contributed by atoms with Crippen molar-refractivity contribution in [1.29, 1.82) is 0 Å². The first-order chi connectivity index (χ1) is 17.0. The number of halogens is 1. The maximum atomic E-state index is 13.4. The molecule has 5 rings (SSSR count). The number of aliphatic hydroxyl groups is 1. The molecule has 1 saturated carbocycles. The van der Waals surface area contributed by atoms with Crippen LogP contribution in [0.5, 0.6) is 0 Å². The number of benzene rings is 2. The Morgan fingerprint density at radius 2 is 1.91 bits per heavy atom. The summed E-state index contributed by atoms with van der Waals surface area (Å²) in [4.78, 5) is 21.1. The highest BCUT2D eigenvalue weighted by molar-refractivity contribution is 8.05. The van der Waals surface area contributed by atoms with Gasteiger partial charge in [-0.3, -0.25) is 4.79 Å². The molecule has 35 heavy (non-hydrogen) atoms. The van der Waals surface area contributed by atoms with Crippen molar-refractivity contribution in [2.75, 3.05) is 11.9 Å². The van der Waals surface area contributed by atoms with E-state index >= 15 is 0 Å². The number of aliphatic hydroxyl groups excluding tert-OH is 1. The maximum Gasteiger partial charge on any atom is 0.260 e. The van der Waals surface area contributed by atoms with Crippen molar-refractivity contribution in [3.8, 4) is 0 Å². The molecule has 182 valence electrons. The first kappa shape index (κ1) is 23.7. The minimum absolute atomic E-state index is 0.206. The third-order valence-electron chi connectivity index (χ3n) is 6.48. The zero-order chi connectivity index (χ0) is 24.2. The molecule has 1 aliphatic carbocycles. The average molecular weight is 494 g/mol. The normalized spacial score (nSPS) is 23.5. The van der Waals surface area contributed by atoms with Crippen LogP contribution in [0.2, 0.25) is 0 Å². The van der Waals surface area contributed by atoms with Gasteiger partial charge in [0.2, 0.25) is 5.95 Å². The molecule has 9 heteroatoms. The van der Waals surface area contributed by atoms with E-state index in [-0.39, 0.29) is 11.7 Å². The van der Waals surface area contributed by atoms with Crippen LogP contribution in [0, 0.1) is 11.7 Å². The summed E-state index contributed by atoms with van der Waals surface area (Å²) in [5.74, 6) is 0.687. The predicted octanol–water partition coefficient (Wildman–Crippen LogP) is 4.01. The Morgan fingerprint density at radius 1 is 1.11 bits per heavy atom. The van der Waals surface area contributed by atoms with Gasteiger partial charge in [-0.25, -0.2) is 14.4 Å². The monoisotopic (exact) mass is 493 g/mol. The number of hydrogen-bond donors (Lipinski definition) is 4. The largest absolute Gasteiger partial charge is 0.364 e. The summed E-state index contributed by atoms with van der Waals surface area (Å²) in [6.07, 6.45) is 7.69. The van der Waals surface area contributed by atoms with Crippen molar-refractivity contribution in [3.63, 3.8) is 0 Å². The number of aromatic nitrogens is 2. The molecular weight excluding hydrogens is 465 g/mol. The highest BCUT2D eigenvalue weighted by Crippen LogP contribution is 2.28. The number of thioether (sulfide) groups is 1. The molecule has 0 spiro atoms. The molecule has 1 saturated heterocycles. The van der Waals surface area contributed by atoms with E-state index in [1.165, 1.54) is 11.6 Å². The van der Waals surface area contributed by atoms with Gasteiger partial charge in [0.05, 0.1) is 10.6 Å². The van der Waals surface area contributed by atoms with Crippen LogP contribution in [0.15, 0.2) is 53.6 Å². The zero-order valence-electron chi connectivity index (χ0n) is 19.2. The molecule has 1 atom stereocenters. The lowest BCUT2D eigenvalue weighted by Crippen LogP contribution is -2.31. The molecule has 3 aromatic rings. The van der Waals surface area contributed by atoms with Crippen molar-refractivity contribution in [2.24, 2.45) is 5.92 Å². The number of rotatable bonds is 7. The molecular formula is C26H28FN5O2S. The fourth-order valence-corrected chi connectivity index (χ4v) is 5.39. The number of anilines is 1. The fraction of sp³-hybridized carbons (Fsp3) is 0.346. The highest BCUT2D eigenvalue weighted by Gasteiger charge is 2.25. The predicted molar refractivity (Wildman–Crippen MR) is 137 cm³/mol. The Kier molecular flexibility index (Phi) is 7.26. The van der Waals surface area contributed by atoms with Crippen LogP contribution in [0.25, 0.3) is 16.8 Å². The topological polar surface area (TPSA) is 99.2 Å². The quantitative estimate of drug-likeness (QED) is 0.369. The summed E-state index contributed by atoms with van der Waals surface area (Å²) < 4.78 is 13.4.